The van der Waals surface area contributed by atoms with Crippen LogP contribution in [0.1, 0.15) is 46.1 Å². The summed E-state index contributed by atoms with van der Waals surface area (Å²) in [5.74, 6) is 2.80. The van der Waals surface area contributed by atoms with Gasteiger partial charge in [-0.2, -0.15) is 0 Å². The molecule has 7 heteroatoms. The van der Waals surface area contributed by atoms with Crippen LogP contribution in [0.25, 0.3) is 0 Å². The van der Waals surface area contributed by atoms with Crippen LogP contribution in [0.15, 0.2) is 36.5 Å². The normalized spacial score (nSPS) is 17.9. The molecule has 3 heterocycles. The van der Waals surface area contributed by atoms with Gasteiger partial charge in [0.25, 0.3) is 0 Å². The van der Waals surface area contributed by atoms with E-state index >= 15 is 0 Å². The molecule has 2 fully saturated rings. The molecule has 2 aliphatic rings. The zero-order valence-corrected chi connectivity index (χ0v) is 21.1. The molecule has 0 atom stereocenters. The summed E-state index contributed by atoms with van der Waals surface area (Å²) in [6.45, 7) is 14.6. The highest BCUT2D eigenvalue weighted by Crippen LogP contribution is 2.27. The summed E-state index contributed by atoms with van der Waals surface area (Å²) in [4.78, 5) is 9.47. The van der Waals surface area contributed by atoms with Crippen molar-refractivity contribution < 1.29 is 14.2 Å². The Morgan fingerprint density at radius 2 is 1.59 bits per heavy atom. The Bertz CT molecular complexity index is 861. The Morgan fingerprint density at radius 3 is 2.15 bits per heavy atom. The summed E-state index contributed by atoms with van der Waals surface area (Å²) in [5.41, 5.74) is 2.34. The van der Waals surface area contributed by atoms with E-state index in [4.69, 9.17) is 14.2 Å². The smallest absolute Gasteiger partial charge is 0.128 e. The van der Waals surface area contributed by atoms with E-state index in [2.05, 4.69) is 72.1 Å². The van der Waals surface area contributed by atoms with Gasteiger partial charge in [-0.15, -0.1) is 0 Å². The van der Waals surface area contributed by atoms with E-state index in [0.29, 0.717) is 6.04 Å². The summed E-state index contributed by atoms with van der Waals surface area (Å²) in [6.07, 6.45) is 4.47. The Hall–Kier alpha value is -2.51. The van der Waals surface area contributed by atoms with Crippen molar-refractivity contribution in [1.29, 1.82) is 0 Å². The summed E-state index contributed by atoms with van der Waals surface area (Å²) >= 11 is 0. The standard InChI is InChI=1S/C27H40N4O3/c1-20(2)33-25-15-22(16-26(17-25)34-21(3)4)19-30-9-7-23(8-10-30)29-24-5-6-27(28-18-24)31-11-13-32-14-12-31/h5-6,15-18,20-21,23,29H,7-14,19H2,1-4H3. The molecule has 0 radical (unpaired) electrons. The molecule has 34 heavy (non-hydrogen) atoms. The molecule has 0 saturated carbocycles. The third kappa shape index (κ3) is 7.24. The van der Waals surface area contributed by atoms with E-state index in [9.17, 15) is 0 Å². The van der Waals surface area contributed by atoms with E-state index in [1.165, 1.54) is 5.56 Å². The minimum absolute atomic E-state index is 0.140. The second-order valence-corrected chi connectivity index (χ2v) is 9.85. The fraction of sp³-hybridized carbons (Fsp3) is 0.593. The first-order chi connectivity index (χ1) is 16.4. The number of pyridine rings is 1. The molecular weight excluding hydrogens is 428 g/mol. The van der Waals surface area contributed by atoms with Crippen molar-refractivity contribution in [2.75, 3.05) is 49.6 Å². The van der Waals surface area contributed by atoms with Gasteiger partial charge in [-0.05, 0) is 70.4 Å². The number of benzene rings is 1. The molecule has 186 valence electrons. The lowest BCUT2D eigenvalue weighted by molar-refractivity contribution is 0.122. The van der Waals surface area contributed by atoms with Crippen LogP contribution in [-0.2, 0) is 11.3 Å². The number of hydrogen-bond donors (Lipinski definition) is 1. The third-order valence-corrected chi connectivity index (χ3v) is 6.13. The number of hydrogen-bond acceptors (Lipinski definition) is 7. The average Bonchev–Trinajstić information content (AvgIpc) is 2.80. The maximum Gasteiger partial charge on any atom is 0.128 e. The second-order valence-electron chi connectivity index (χ2n) is 9.85. The predicted molar refractivity (Wildman–Crippen MR) is 137 cm³/mol. The quantitative estimate of drug-likeness (QED) is 0.578. The number of nitrogens with zero attached hydrogens (tertiary/aromatic N) is 3. The van der Waals surface area contributed by atoms with E-state index in [1.807, 2.05) is 12.3 Å². The first-order valence-corrected chi connectivity index (χ1v) is 12.7. The van der Waals surface area contributed by atoms with Crippen LogP contribution in [-0.4, -0.2) is 67.5 Å². The van der Waals surface area contributed by atoms with Gasteiger partial charge in [-0.3, -0.25) is 4.90 Å². The van der Waals surface area contributed by atoms with Gasteiger partial charge < -0.3 is 24.4 Å². The topological polar surface area (TPSA) is 59.1 Å². The fourth-order valence-corrected chi connectivity index (χ4v) is 4.58. The number of morpholine rings is 1. The number of anilines is 2. The molecule has 2 saturated heterocycles. The Labute approximate surface area is 204 Å². The number of rotatable bonds is 9. The van der Waals surface area contributed by atoms with Gasteiger partial charge in [0, 0.05) is 44.8 Å². The molecule has 4 rings (SSSR count). The van der Waals surface area contributed by atoms with Gasteiger partial charge >= 0.3 is 0 Å². The van der Waals surface area contributed by atoms with Crippen molar-refractivity contribution in [2.45, 2.75) is 65.3 Å². The molecule has 0 unspecified atom stereocenters. The summed E-state index contributed by atoms with van der Waals surface area (Å²) in [5, 5.41) is 3.68. The summed E-state index contributed by atoms with van der Waals surface area (Å²) in [7, 11) is 0. The Morgan fingerprint density at radius 1 is 0.941 bits per heavy atom. The molecule has 7 nitrogen and oxygen atoms in total. The van der Waals surface area contributed by atoms with Crippen LogP contribution in [0, 0.1) is 0 Å². The van der Waals surface area contributed by atoms with Gasteiger partial charge in [0.05, 0.1) is 37.3 Å². The maximum atomic E-state index is 5.97. The fourth-order valence-electron chi connectivity index (χ4n) is 4.58. The largest absolute Gasteiger partial charge is 0.491 e. The van der Waals surface area contributed by atoms with E-state index in [0.717, 1.165) is 81.8 Å². The molecular formula is C27H40N4O3. The first-order valence-electron chi connectivity index (χ1n) is 12.7. The molecule has 0 bridgehead atoms. The lowest BCUT2D eigenvalue weighted by Gasteiger charge is -2.33. The van der Waals surface area contributed by atoms with Crippen molar-refractivity contribution in [3.63, 3.8) is 0 Å². The predicted octanol–water partition coefficient (Wildman–Crippen LogP) is 4.57. The SMILES string of the molecule is CC(C)Oc1cc(CN2CCC(Nc3ccc(N4CCOCC4)nc3)CC2)cc(OC(C)C)c1. The van der Waals surface area contributed by atoms with E-state index < -0.39 is 0 Å². The lowest BCUT2D eigenvalue weighted by atomic mass is 10.0. The Kier molecular flexibility index (Phi) is 8.51. The van der Waals surface area contributed by atoms with Crippen LogP contribution in [0.5, 0.6) is 11.5 Å². The summed E-state index contributed by atoms with van der Waals surface area (Å²) < 4.78 is 17.4. The van der Waals surface area contributed by atoms with Crippen molar-refractivity contribution >= 4 is 11.5 Å². The summed E-state index contributed by atoms with van der Waals surface area (Å²) in [6, 6.07) is 11.0. The van der Waals surface area contributed by atoms with Crippen LogP contribution in [0.2, 0.25) is 0 Å². The highest BCUT2D eigenvalue weighted by atomic mass is 16.5. The van der Waals surface area contributed by atoms with E-state index in [1.54, 1.807) is 0 Å². The van der Waals surface area contributed by atoms with Crippen LogP contribution >= 0.6 is 0 Å². The van der Waals surface area contributed by atoms with Gasteiger partial charge in [0.2, 0.25) is 0 Å². The molecule has 1 N–H and O–H groups in total. The third-order valence-electron chi connectivity index (χ3n) is 6.13. The number of piperidine rings is 1. The van der Waals surface area contributed by atoms with Crippen molar-refractivity contribution in [3.05, 3.63) is 42.1 Å². The van der Waals surface area contributed by atoms with Gasteiger partial charge in [-0.25, -0.2) is 4.98 Å². The van der Waals surface area contributed by atoms with Crippen LogP contribution in [0.4, 0.5) is 11.5 Å². The monoisotopic (exact) mass is 468 g/mol. The average molecular weight is 469 g/mol. The zero-order chi connectivity index (χ0) is 23.9. The Balaban J connectivity index is 1.29. The first kappa shape index (κ1) is 24.6. The van der Waals surface area contributed by atoms with Gasteiger partial charge in [0.15, 0.2) is 0 Å². The number of ether oxygens (including phenoxy) is 3. The van der Waals surface area contributed by atoms with Crippen molar-refractivity contribution in [2.24, 2.45) is 0 Å². The molecule has 0 spiro atoms. The van der Waals surface area contributed by atoms with Crippen molar-refractivity contribution in [1.82, 2.24) is 9.88 Å². The molecule has 1 aromatic heterocycles. The van der Waals surface area contributed by atoms with Crippen LogP contribution in [0.3, 0.4) is 0 Å². The molecule has 0 amide bonds. The number of nitrogens with one attached hydrogen (secondary N) is 1. The molecule has 2 aromatic rings. The highest BCUT2D eigenvalue weighted by Gasteiger charge is 2.20. The van der Waals surface area contributed by atoms with Crippen LogP contribution < -0.4 is 19.7 Å². The second kappa shape index (κ2) is 11.8. The minimum Gasteiger partial charge on any atom is -0.491 e. The van der Waals surface area contributed by atoms with Crippen molar-refractivity contribution in [3.8, 4) is 11.5 Å². The minimum atomic E-state index is 0.140. The molecule has 1 aromatic carbocycles. The van der Waals surface area contributed by atoms with E-state index in [-0.39, 0.29) is 12.2 Å². The number of likely N-dealkylation sites (tertiary alicyclic amines) is 1. The number of aromatic nitrogens is 1. The molecule has 0 aliphatic carbocycles. The zero-order valence-electron chi connectivity index (χ0n) is 21.1. The van der Waals surface area contributed by atoms with Gasteiger partial charge in [-0.1, -0.05) is 0 Å². The van der Waals surface area contributed by atoms with Gasteiger partial charge in [0.1, 0.15) is 17.3 Å². The molecule has 2 aliphatic heterocycles. The maximum absolute atomic E-state index is 5.97. The lowest BCUT2D eigenvalue weighted by Crippen LogP contribution is -2.38. The highest BCUT2D eigenvalue weighted by molar-refractivity contribution is 5.49.